The lowest BCUT2D eigenvalue weighted by Crippen LogP contribution is -2.30. The topological polar surface area (TPSA) is 84.9 Å². The minimum absolute atomic E-state index is 0.0684. The van der Waals surface area contributed by atoms with Gasteiger partial charge in [-0.25, -0.2) is 13.1 Å². The van der Waals surface area contributed by atoms with Crippen molar-refractivity contribution in [2.24, 2.45) is 0 Å². The lowest BCUT2D eigenvalue weighted by Gasteiger charge is -2.18. The summed E-state index contributed by atoms with van der Waals surface area (Å²) in [6.45, 7) is 3.83. The van der Waals surface area contributed by atoms with Crippen LogP contribution >= 0.6 is 11.3 Å². The standard InChI is InChI=1S/C17H23NO5S2/c1-12-9-14(22-3)17(10-13(12)2)25(20,21)18-11-15(23-7-6-19)16-5-4-8-24-16/h4-5,8-10,15,18-19H,6-7,11H2,1-3H3/t15-/m0/s1. The van der Waals surface area contributed by atoms with Gasteiger partial charge in [-0.2, -0.15) is 0 Å². The van der Waals surface area contributed by atoms with Gasteiger partial charge in [-0.15, -0.1) is 11.3 Å². The highest BCUT2D eigenvalue weighted by Gasteiger charge is 2.23. The van der Waals surface area contributed by atoms with Gasteiger partial charge in [0.05, 0.1) is 20.3 Å². The summed E-state index contributed by atoms with van der Waals surface area (Å²) in [6.07, 6.45) is -0.459. The van der Waals surface area contributed by atoms with Crippen LogP contribution in [0.5, 0.6) is 5.75 Å². The number of ether oxygens (including phenoxy) is 2. The maximum absolute atomic E-state index is 12.7. The monoisotopic (exact) mass is 385 g/mol. The van der Waals surface area contributed by atoms with E-state index in [1.165, 1.54) is 18.4 Å². The van der Waals surface area contributed by atoms with Crippen molar-refractivity contribution in [2.45, 2.75) is 24.8 Å². The second-order valence-electron chi connectivity index (χ2n) is 5.54. The molecule has 8 heteroatoms. The molecule has 138 valence electrons. The number of nitrogens with one attached hydrogen (secondary N) is 1. The Morgan fingerprint density at radius 1 is 1.28 bits per heavy atom. The Balaban J connectivity index is 2.21. The average Bonchev–Trinajstić information content (AvgIpc) is 3.11. The molecule has 1 aromatic carbocycles. The molecule has 0 saturated carbocycles. The zero-order valence-electron chi connectivity index (χ0n) is 14.5. The molecule has 0 fully saturated rings. The number of hydrogen-bond acceptors (Lipinski definition) is 6. The van der Waals surface area contributed by atoms with Crippen molar-refractivity contribution in [3.05, 3.63) is 45.6 Å². The zero-order valence-corrected chi connectivity index (χ0v) is 16.1. The van der Waals surface area contributed by atoms with Crippen LogP contribution in [0.1, 0.15) is 22.1 Å². The largest absolute Gasteiger partial charge is 0.495 e. The first-order valence-corrected chi connectivity index (χ1v) is 10.2. The van der Waals surface area contributed by atoms with Gasteiger partial charge >= 0.3 is 0 Å². The number of hydrogen-bond donors (Lipinski definition) is 2. The van der Waals surface area contributed by atoms with E-state index in [-0.39, 0.29) is 24.7 Å². The first-order chi connectivity index (χ1) is 11.9. The molecule has 25 heavy (non-hydrogen) atoms. The molecular formula is C17H23NO5S2. The van der Waals surface area contributed by atoms with Crippen LogP contribution in [-0.4, -0.2) is 40.4 Å². The SMILES string of the molecule is COc1cc(C)c(C)cc1S(=O)(=O)NC[C@H](OCCO)c1cccs1. The number of sulfonamides is 1. The smallest absolute Gasteiger partial charge is 0.244 e. The van der Waals surface area contributed by atoms with Crippen molar-refractivity contribution >= 4 is 21.4 Å². The lowest BCUT2D eigenvalue weighted by molar-refractivity contribution is 0.0328. The molecule has 0 spiro atoms. The van der Waals surface area contributed by atoms with Gasteiger partial charge in [0.25, 0.3) is 0 Å². The second-order valence-corrected chi connectivity index (χ2v) is 8.25. The van der Waals surface area contributed by atoms with Crippen molar-refractivity contribution < 1.29 is 23.0 Å². The molecule has 0 saturated heterocycles. The Hall–Kier alpha value is -1.45. The molecule has 0 aliphatic carbocycles. The van der Waals surface area contributed by atoms with Crippen LogP contribution in [0.4, 0.5) is 0 Å². The Labute approximate surface area is 152 Å². The summed E-state index contributed by atoms with van der Waals surface area (Å²) in [7, 11) is -2.32. The van der Waals surface area contributed by atoms with Gasteiger partial charge in [0.15, 0.2) is 0 Å². The van der Waals surface area contributed by atoms with Gasteiger partial charge in [-0.05, 0) is 48.6 Å². The van der Waals surface area contributed by atoms with Crippen molar-refractivity contribution in [2.75, 3.05) is 26.9 Å². The third kappa shape index (κ3) is 5.02. The first-order valence-electron chi connectivity index (χ1n) is 7.79. The first kappa shape index (κ1) is 19.9. The van der Waals surface area contributed by atoms with Gasteiger partial charge < -0.3 is 14.6 Å². The normalized spacial score (nSPS) is 13.0. The van der Waals surface area contributed by atoms with Crippen LogP contribution in [0, 0.1) is 13.8 Å². The molecule has 1 heterocycles. The molecular weight excluding hydrogens is 362 g/mol. The van der Waals surface area contributed by atoms with Crippen LogP contribution in [-0.2, 0) is 14.8 Å². The maximum Gasteiger partial charge on any atom is 0.244 e. The van der Waals surface area contributed by atoms with E-state index in [4.69, 9.17) is 14.6 Å². The molecule has 0 aliphatic rings. The summed E-state index contributed by atoms with van der Waals surface area (Å²) >= 11 is 1.47. The third-order valence-corrected chi connectivity index (χ3v) is 6.21. The van der Waals surface area contributed by atoms with Gasteiger partial charge in [-0.3, -0.25) is 0 Å². The van der Waals surface area contributed by atoms with Crippen LogP contribution in [0.25, 0.3) is 0 Å². The Morgan fingerprint density at radius 2 is 2.00 bits per heavy atom. The fourth-order valence-electron chi connectivity index (χ4n) is 2.31. The molecule has 1 atom stereocenters. The molecule has 0 unspecified atom stereocenters. The van der Waals surface area contributed by atoms with E-state index >= 15 is 0 Å². The van der Waals surface area contributed by atoms with Crippen molar-refractivity contribution in [1.82, 2.24) is 4.72 Å². The van der Waals surface area contributed by atoms with E-state index in [9.17, 15) is 8.42 Å². The zero-order chi connectivity index (χ0) is 18.4. The number of aliphatic hydroxyl groups excluding tert-OH is 1. The van der Waals surface area contributed by atoms with E-state index in [0.717, 1.165) is 16.0 Å². The summed E-state index contributed by atoms with van der Waals surface area (Å²) < 4.78 is 38.8. The van der Waals surface area contributed by atoms with Crippen LogP contribution in [0.15, 0.2) is 34.5 Å². The molecule has 0 radical (unpaired) electrons. The van der Waals surface area contributed by atoms with Crippen molar-refractivity contribution in [1.29, 1.82) is 0 Å². The molecule has 2 aromatic rings. The average molecular weight is 386 g/mol. The number of rotatable bonds is 9. The number of aryl methyl sites for hydroxylation is 2. The summed E-state index contributed by atoms with van der Waals surface area (Å²) in [5.41, 5.74) is 1.83. The Morgan fingerprint density at radius 3 is 2.60 bits per heavy atom. The molecule has 2 N–H and O–H groups in total. The summed E-state index contributed by atoms with van der Waals surface area (Å²) in [6, 6.07) is 7.06. The third-order valence-electron chi connectivity index (χ3n) is 3.80. The number of aliphatic hydroxyl groups is 1. The van der Waals surface area contributed by atoms with Gasteiger partial charge in [-0.1, -0.05) is 6.07 Å². The van der Waals surface area contributed by atoms with Crippen LogP contribution in [0.2, 0.25) is 0 Å². The number of methoxy groups -OCH3 is 1. The van der Waals surface area contributed by atoms with E-state index in [1.807, 2.05) is 31.4 Å². The molecule has 1 aromatic heterocycles. The molecule has 2 rings (SSSR count). The summed E-state index contributed by atoms with van der Waals surface area (Å²) in [4.78, 5) is 0.994. The van der Waals surface area contributed by atoms with Gasteiger partial charge in [0.2, 0.25) is 10.0 Å². The van der Waals surface area contributed by atoms with E-state index in [1.54, 1.807) is 12.1 Å². The number of thiophene rings is 1. The molecule has 0 bridgehead atoms. The van der Waals surface area contributed by atoms with E-state index in [2.05, 4.69) is 4.72 Å². The van der Waals surface area contributed by atoms with Crippen molar-refractivity contribution in [3.8, 4) is 5.75 Å². The predicted molar refractivity (Wildman–Crippen MR) is 97.8 cm³/mol. The minimum atomic E-state index is -3.77. The van der Waals surface area contributed by atoms with Crippen molar-refractivity contribution in [3.63, 3.8) is 0 Å². The summed E-state index contributed by atoms with van der Waals surface area (Å²) in [5.74, 6) is 0.305. The maximum atomic E-state index is 12.7. The Bertz CT molecular complexity index is 788. The highest BCUT2D eigenvalue weighted by atomic mass is 32.2. The Kier molecular flexibility index (Phi) is 6.97. The van der Waals surface area contributed by atoms with Gasteiger partial charge in [0, 0.05) is 11.4 Å². The van der Waals surface area contributed by atoms with E-state index < -0.39 is 16.1 Å². The quantitative estimate of drug-likeness (QED) is 0.692. The number of benzene rings is 1. The minimum Gasteiger partial charge on any atom is -0.495 e. The molecule has 6 nitrogen and oxygen atoms in total. The van der Waals surface area contributed by atoms with Crippen LogP contribution in [0.3, 0.4) is 0 Å². The fraction of sp³-hybridized carbons (Fsp3) is 0.412. The van der Waals surface area contributed by atoms with Crippen LogP contribution < -0.4 is 9.46 Å². The second kappa shape index (κ2) is 8.77. The molecule has 0 amide bonds. The highest BCUT2D eigenvalue weighted by Crippen LogP contribution is 2.28. The lowest BCUT2D eigenvalue weighted by atomic mass is 10.1. The summed E-state index contributed by atoms with van der Waals surface area (Å²) in [5, 5.41) is 10.9. The molecule has 0 aliphatic heterocycles. The highest BCUT2D eigenvalue weighted by molar-refractivity contribution is 7.89. The van der Waals surface area contributed by atoms with E-state index in [0.29, 0.717) is 5.75 Å². The van der Waals surface area contributed by atoms with Gasteiger partial charge in [0.1, 0.15) is 16.7 Å². The predicted octanol–water partition coefficient (Wildman–Crippen LogP) is 2.40. The fourth-order valence-corrected chi connectivity index (χ4v) is 4.35.